The minimum atomic E-state index is -0.646. The lowest BCUT2D eigenvalue weighted by molar-refractivity contribution is -0.385. The molecule has 0 spiro atoms. The molecule has 0 saturated heterocycles. The zero-order valence-corrected chi connectivity index (χ0v) is 17.3. The average molecular weight is 414 g/mol. The molecular formula is C25H22N2O4. The molecule has 2 aliphatic rings. The summed E-state index contributed by atoms with van der Waals surface area (Å²) in [6.45, 7) is 4.17. The van der Waals surface area contributed by atoms with Gasteiger partial charge in [-0.2, -0.15) is 0 Å². The zero-order chi connectivity index (χ0) is 21.9. The number of fused-ring (bicyclic) bond motifs is 4. The van der Waals surface area contributed by atoms with Gasteiger partial charge in [-0.3, -0.25) is 14.9 Å². The molecule has 1 aliphatic heterocycles. The van der Waals surface area contributed by atoms with Gasteiger partial charge in [0.2, 0.25) is 0 Å². The Labute approximate surface area is 179 Å². The van der Waals surface area contributed by atoms with E-state index in [0.29, 0.717) is 24.0 Å². The van der Waals surface area contributed by atoms with Crippen LogP contribution in [0.2, 0.25) is 0 Å². The summed E-state index contributed by atoms with van der Waals surface area (Å²) in [5, 5.41) is 27.6. The number of carbonyl (C=O) groups is 1. The van der Waals surface area contributed by atoms with Crippen LogP contribution in [0.3, 0.4) is 0 Å². The van der Waals surface area contributed by atoms with Crippen LogP contribution in [0.4, 0.5) is 11.4 Å². The summed E-state index contributed by atoms with van der Waals surface area (Å²) in [7, 11) is 0. The maximum Gasteiger partial charge on any atom is 0.311 e. The first-order valence-electron chi connectivity index (χ1n) is 10.3. The molecular weight excluding hydrogens is 392 g/mol. The molecule has 0 amide bonds. The number of benzene rings is 3. The molecule has 6 heteroatoms. The van der Waals surface area contributed by atoms with E-state index < -0.39 is 16.7 Å². The number of anilines is 1. The summed E-state index contributed by atoms with van der Waals surface area (Å²) in [4.78, 5) is 24.2. The van der Waals surface area contributed by atoms with Gasteiger partial charge in [0.15, 0.2) is 11.5 Å². The van der Waals surface area contributed by atoms with Gasteiger partial charge in [-0.1, -0.05) is 56.3 Å². The number of nitro groups is 1. The van der Waals surface area contributed by atoms with Crippen molar-refractivity contribution in [2.45, 2.75) is 32.7 Å². The molecule has 3 aromatic carbocycles. The van der Waals surface area contributed by atoms with Crippen molar-refractivity contribution in [3.05, 3.63) is 81.4 Å². The van der Waals surface area contributed by atoms with Gasteiger partial charge in [0.25, 0.3) is 0 Å². The predicted molar refractivity (Wildman–Crippen MR) is 120 cm³/mol. The molecule has 0 fully saturated rings. The van der Waals surface area contributed by atoms with Gasteiger partial charge in [0, 0.05) is 34.9 Å². The number of ketones is 1. The summed E-state index contributed by atoms with van der Waals surface area (Å²) in [6, 6.07) is 15.9. The summed E-state index contributed by atoms with van der Waals surface area (Å²) in [5.74, 6) is -0.396. The van der Waals surface area contributed by atoms with Crippen LogP contribution >= 0.6 is 0 Å². The molecule has 2 N–H and O–H groups in total. The fraction of sp³-hybridized carbons (Fsp3) is 0.240. The zero-order valence-electron chi connectivity index (χ0n) is 17.3. The van der Waals surface area contributed by atoms with E-state index in [1.54, 1.807) is 12.1 Å². The van der Waals surface area contributed by atoms with E-state index in [4.69, 9.17) is 0 Å². The van der Waals surface area contributed by atoms with Gasteiger partial charge in [-0.25, -0.2) is 0 Å². The van der Waals surface area contributed by atoms with Crippen LogP contribution in [0.1, 0.15) is 43.9 Å². The highest BCUT2D eigenvalue weighted by Gasteiger charge is 2.42. The van der Waals surface area contributed by atoms with Crippen LogP contribution in [0.25, 0.3) is 16.3 Å². The van der Waals surface area contributed by atoms with Gasteiger partial charge in [0.05, 0.1) is 11.0 Å². The molecule has 156 valence electrons. The predicted octanol–water partition coefficient (Wildman–Crippen LogP) is 5.76. The fourth-order valence-corrected chi connectivity index (χ4v) is 5.00. The van der Waals surface area contributed by atoms with Gasteiger partial charge in [-0.05, 0) is 34.2 Å². The van der Waals surface area contributed by atoms with Crippen LogP contribution in [-0.2, 0) is 4.79 Å². The van der Waals surface area contributed by atoms with Crippen molar-refractivity contribution in [2.75, 3.05) is 5.32 Å². The molecule has 1 aliphatic carbocycles. The summed E-state index contributed by atoms with van der Waals surface area (Å²) in [5.41, 5.74) is 3.20. The smallest absolute Gasteiger partial charge is 0.311 e. The second kappa shape index (κ2) is 6.67. The number of phenols is 1. The Hall–Kier alpha value is -3.67. The number of para-hydroxylation sites is 1. The lowest BCUT2D eigenvalue weighted by Gasteiger charge is -2.40. The number of carbonyl (C=O) groups excluding carboxylic acids is 1. The van der Waals surface area contributed by atoms with Gasteiger partial charge < -0.3 is 10.4 Å². The van der Waals surface area contributed by atoms with Crippen LogP contribution < -0.4 is 5.32 Å². The normalized spacial score (nSPS) is 19.5. The number of nitrogens with one attached hydrogen (secondary N) is 1. The Kier molecular flexibility index (Phi) is 4.15. The Morgan fingerprint density at radius 3 is 2.61 bits per heavy atom. The number of rotatable bonds is 2. The molecule has 6 nitrogen and oxygen atoms in total. The molecule has 0 radical (unpaired) electrons. The van der Waals surface area contributed by atoms with E-state index in [9.17, 15) is 20.0 Å². The van der Waals surface area contributed by atoms with Crippen LogP contribution in [0.5, 0.6) is 5.75 Å². The van der Waals surface area contributed by atoms with Crippen molar-refractivity contribution < 1.29 is 14.8 Å². The van der Waals surface area contributed by atoms with E-state index in [1.165, 1.54) is 6.07 Å². The molecule has 1 unspecified atom stereocenters. The molecule has 0 saturated carbocycles. The van der Waals surface area contributed by atoms with E-state index in [0.717, 1.165) is 27.6 Å². The maximum atomic E-state index is 13.4. The molecule has 31 heavy (non-hydrogen) atoms. The van der Waals surface area contributed by atoms with Gasteiger partial charge in [-0.15, -0.1) is 0 Å². The van der Waals surface area contributed by atoms with Crippen molar-refractivity contribution in [3.8, 4) is 5.75 Å². The van der Waals surface area contributed by atoms with Crippen LogP contribution in [0, 0.1) is 15.5 Å². The Balaban J connectivity index is 1.81. The van der Waals surface area contributed by atoms with Crippen molar-refractivity contribution in [3.63, 3.8) is 0 Å². The first-order valence-corrected chi connectivity index (χ1v) is 10.3. The maximum absolute atomic E-state index is 13.4. The number of Topliss-reactive ketones (excluding diaryl/α,β-unsaturated/α-hetero) is 1. The monoisotopic (exact) mass is 414 g/mol. The topological polar surface area (TPSA) is 92.5 Å². The highest BCUT2D eigenvalue weighted by molar-refractivity contribution is 6.13. The quantitative estimate of drug-likeness (QED) is 0.411. The van der Waals surface area contributed by atoms with Crippen molar-refractivity contribution in [1.82, 2.24) is 0 Å². The first kappa shape index (κ1) is 19.3. The highest BCUT2D eigenvalue weighted by Crippen LogP contribution is 2.53. The third-order valence-electron chi connectivity index (χ3n) is 6.29. The van der Waals surface area contributed by atoms with Crippen LogP contribution in [-0.4, -0.2) is 15.8 Å². The third kappa shape index (κ3) is 2.98. The number of nitro benzene ring substituents is 1. The van der Waals surface area contributed by atoms with Crippen molar-refractivity contribution in [2.24, 2.45) is 5.41 Å². The number of hydrogen-bond acceptors (Lipinski definition) is 5. The number of allylic oxidation sites excluding steroid dienone is 1. The molecule has 1 atom stereocenters. The van der Waals surface area contributed by atoms with E-state index >= 15 is 0 Å². The van der Waals surface area contributed by atoms with Gasteiger partial charge in [0.1, 0.15) is 0 Å². The second-order valence-electron chi connectivity index (χ2n) is 9.09. The van der Waals surface area contributed by atoms with Crippen molar-refractivity contribution in [1.29, 1.82) is 0 Å². The largest absolute Gasteiger partial charge is 0.502 e. The molecule has 0 aromatic heterocycles. The first-order chi connectivity index (χ1) is 14.8. The fourth-order valence-electron chi connectivity index (χ4n) is 5.00. The SMILES string of the molecule is CC1(C)CC(=O)C2=C(C1)c1c(ccc3ccccc13)NC2c1cccc([N+](=O)[O-])c1O. The lowest BCUT2D eigenvalue weighted by Crippen LogP contribution is -2.33. The summed E-state index contributed by atoms with van der Waals surface area (Å²) in [6.07, 6.45) is 1.10. The lowest BCUT2D eigenvalue weighted by atomic mass is 9.67. The number of hydrogen-bond donors (Lipinski definition) is 2. The average Bonchev–Trinajstić information content (AvgIpc) is 2.71. The van der Waals surface area contributed by atoms with Gasteiger partial charge >= 0.3 is 5.69 Å². The van der Waals surface area contributed by atoms with Crippen molar-refractivity contribution >= 4 is 33.5 Å². The number of nitrogens with zero attached hydrogens (tertiary/aromatic N) is 1. The Bertz CT molecular complexity index is 1310. The molecule has 0 bridgehead atoms. The van der Waals surface area contributed by atoms with E-state index in [1.807, 2.05) is 30.3 Å². The second-order valence-corrected chi connectivity index (χ2v) is 9.09. The Morgan fingerprint density at radius 2 is 1.84 bits per heavy atom. The minimum Gasteiger partial charge on any atom is -0.502 e. The standard InChI is InChI=1S/C25H22N2O4/c1-25(2)12-17-21-15-7-4-3-6-14(15)10-11-18(21)26-23(22(17)20(28)13-25)16-8-5-9-19(24(16)29)27(30)31/h3-11,23,26,29H,12-13H2,1-2H3. The van der Waals surface area contributed by atoms with E-state index in [-0.39, 0.29) is 16.9 Å². The minimum absolute atomic E-state index is 0.00763. The Morgan fingerprint density at radius 1 is 1.06 bits per heavy atom. The third-order valence-corrected chi connectivity index (χ3v) is 6.29. The number of aromatic hydroxyl groups is 1. The summed E-state index contributed by atoms with van der Waals surface area (Å²) < 4.78 is 0. The molecule has 3 aromatic rings. The number of phenolic OH excluding ortho intramolecular Hbond substituents is 1. The summed E-state index contributed by atoms with van der Waals surface area (Å²) >= 11 is 0. The molecule has 5 rings (SSSR count). The molecule has 1 heterocycles. The van der Waals surface area contributed by atoms with E-state index in [2.05, 4.69) is 25.2 Å². The highest BCUT2D eigenvalue weighted by atomic mass is 16.6. The van der Waals surface area contributed by atoms with Crippen LogP contribution in [0.15, 0.2) is 60.2 Å².